The van der Waals surface area contributed by atoms with Gasteiger partial charge in [-0.3, -0.25) is 14.8 Å². The zero-order chi connectivity index (χ0) is 18.0. The van der Waals surface area contributed by atoms with Crippen molar-refractivity contribution in [3.63, 3.8) is 0 Å². The topological polar surface area (TPSA) is 52.1 Å². The van der Waals surface area contributed by atoms with Gasteiger partial charge in [0.15, 0.2) is 5.96 Å². The Morgan fingerprint density at radius 3 is 2.73 bits per heavy atom. The fourth-order valence-corrected chi connectivity index (χ4v) is 3.74. The molecule has 144 valence electrons. The van der Waals surface area contributed by atoms with E-state index < -0.39 is 0 Å². The molecule has 6 nitrogen and oxygen atoms in total. The molecule has 2 N–H and O–H groups in total. The lowest BCUT2D eigenvalue weighted by Gasteiger charge is -2.27. The van der Waals surface area contributed by atoms with E-state index in [9.17, 15) is 0 Å². The molecule has 6 heteroatoms. The standard InChI is InChI=1S/C20H33N5O/c1-21-20(22-9-11-24-12-14-26-15-13-24)23-16-19-8-5-10-25(19)17-18-6-3-2-4-7-18/h2-4,6-7,19H,5,8-17H2,1H3,(H2,21,22,23). The predicted octanol–water partition coefficient (Wildman–Crippen LogP) is 1.15. The molecule has 0 saturated carbocycles. The van der Waals surface area contributed by atoms with E-state index in [1.807, 2.05) is 7.05 Å². The number of guanidine groups is 1. The second kappa shape index (κ2) is 10.5. The maximum atomic E-state index is 5.39. The summed E-state index contributed by atoms with van der Waals surface area (Å²) in [5, 5.41) is 6.96. The first kappa shape index (κ1) is 19.1. The molecule has 2 heterocycles. The van der Waals surface area contributed by atoms with Crippen LogP contribution in [0.25, 0.3) is 0 Å². The van der Waals surface area contributed by atoms with Gasteiger partial charge in [-0.15, -0.1) is 0 Å². The Kier molecular flexibility index (Phi) is 7.73. The summed E-state index contributed by atoms with van der Waals surface area (Å²) in [6.45, 7) is 8.89. The van der Waals surface area contributed by atoms with E-state index in [2.05, 4.69) is 55.8 Å². The first-order valence-corrected chi connectivity index (χ1v) is 9.88. The summed E-state index contributed by atoms with van der Waals surface area (Å²) >= 11 is 0. The molecule has 0 aromatic heterocycles. The Morgan fingerprint density at radius 1 is 1.15 bits per heavy atom. The monoisotopic (exact) mass is 359 g/mol. The summed E-state index contributed by atoms with van der Waals surface area (Å²) < 4.78 is 5.39. The van der Waals surface area contributed by atoms with Crippen molar-refractivity contribution in [1.82, 2.24) is 20.4 Å². The Hall–Kier alpha value is -1.63. The number of nitrogens with zero attached hydrogens (tertiary/aromatic N) is 3. The molecule has 2 fully saturated rings. The van der Waals surface area contributed by atoms with E-state index in [-0.39, 0.29) is 0 Å². The van der Waals surface area contributed by atoms with Gasteiger partial charge in [0.1, 0.15) is 0 Å². The molecule has 0 spiro atoms. The van der Waals surface area contributed by atoms with Crippen LogP contribution in [0.2, 0.25) is 0 Å². The predicted molar refractivity (Wildman–Crippen MR) is 106 cm³/mol. The summed E-state index contributed by atoms with van der Waals surface area (Å²) in [5.41, 5.74) is 1.40. The van der Waals surface area contributed by atoms with Gasteiger partial charge >= 0.3 is 0 Å². The molecule has 3 rings (SSSR count). The minimum Gasteiger partial charge on any atom is -0.379 e. The Bertz CT molecular complexity index is 544. The Balaban J connectivity index is 1.38. The van der Waals surface area contributed by atoms with Gasteiger partial charge in [-0.2, -0.15) is 0 Å². The molecule has 1 aromatic rings. The Morgan fingerprint density at radius 2 is 1.96 bits per heavy atom. The van der Waals surface area contributed by atoms with Crippen LogP contribution < -0.4 is 10.6 Å². The second-order valence-corrected chi connectivity index (χ2v) is 7.09. The average Bonchev–Trinajstić information content (AvgIpc) is 3.13. The van der Waals surface area contributed by atoms with Crippen LogP contribution in [0.15, 0.2) is 35.3 Å². The number of aliphatic imine (C=N–C) groups is 1. The van der Waals surface area contributed by atoms with Crippen LogP contribution in [0.3, 0.4) is 0 Å². The van der Waals surface area contributed by atoms with Crippen LogP contribution in [-0.4, -0.2) is 81.3 Å². The molecule has 1 atom stereocenters. The number of hydrogen-bond donors (Lipinski definition) is 2. The molecule has 0 bridgehead atoms. The van der Waals surface area contributed by atoms with Gasteiger partial charge in [-0.25, -0.2) is 0 Å². The third kappa shape index (κ3) is 5.97. The fourth-order valence-electron chi connectivity index (χ4n) is 3.74. The minimum absolute atomic E-state index is 0.577. The van der Waals surface area contributed by atoms with E-state index in [4.69, 9.17) is 4.74 Å². The lowest BCUT2D eigenvalue weighted by molar-refractivity contribution is 0.0389. The zero-order valence-electron chi connectivity index (χ0n) is 16.0. The van der Waals surface area contributed by atoms with E-state index in [1.165, 1.54) is 24.9 Å². The van der Waals surface area contributed by atoms with Gasteiger partial charge in [0.2, 0.25) is 0 Å². The molecule has 0 amide bonds. The lowest BCUT2D eigenvalue weighted by Crippen LogP contribution is -2.47. The molecular weight excluding hydrogens is 326 g/mol. The van der Waals surface area contributed by atoms with Crippen LogP contribution in [0.5, 0.6) is 0 Å². The summed E-state index contributed by atoms with van der Waals surface area (Å²) in [5.74, 6) is 0.907. The fraction of sp³-hybridized carbons (Fsp3) is 0.650. The summed E-state index contributed by atoms with van der Waals surface area (Å²) in [6.07, 6.45) is 2.53. The quantitative estimate of drug-likeness (QED) is 0.565. The number of ether oxygens (including phenoxy) is 1. The third-order valence-corrected chi connectivity index (χ3v) is 5.28. The van der Waals surface area contributed by atoms with Gasteiger partial charge in [0.05, 0.1) is 13.2 Å². The molecule has 2 aliphatic rings. The highest BCUT2D eigenvalue weighted by Gasteiger charge is 2.24. The highest BCUT2D eigenvalue weighted by atomic mass is 16.5. The number of rotatable bonds is 7. The first-order chi connectivity index (χ1) is 12.8. The number of nitrogens with one attached hydrogen (secondary N) is 2. The van der Waals surface area contributed by atoms with Gasteiger partial charge in [0.25, 0.3) is 0 Å². The van der Waals surface area contributed by atoms with Crippen LogP contribution in [0.4, 0.5) is 0 Å². The van der Waals surface area contributed by atoms with E-state index in [1.54, 1.807) is 0 Å². The van der Waals surface area contributed by atoms with Crippen molar-refractivity contribution in [3.05, 3.63) is 35.9 Å². The van der Waals surface area contributed by atoms with E-state index >= 15 is 0 Å². The normalized spacial score (nSPS) is 22.5. The van der Waals surface area contributed by atoms with Gasteiger partial charge in [0, 0.05) is 52.4 Å². The van der Waals surface area contributed by atoms with Gasteiger partial charge < -0.3 is 15.4 Å². The third-order valence-electron chi connectivity index (χ3n) is 5.28. The highest BCUT2D eigenvalue weighted by Crippen LogP contribution is 2.19. The van der Waals surface area contributed by atoms with Crippen molar-refractivity contribution in [1.29, 1.82) is 0 Å². The van der Waals surface area contributed by atoms with Crippen LogP contribution in [0, 0.1) is 0 Å². The second-order valence-electron chi connectivity index (χ2n) is 7.09. The lowest BCUT2D eigenvalue weighted by atomic mass is 10.2. The molecule has 26 heavy (non-hydrogen) atoms. The maximum Gasteiger partial charge on any atom is 0.191 e. The van der Waals surface area contributed by atoms with Crippen molar-refractivity contribution in [2.75, 3.05) is 59.5 Å². The molecule has 1 unspecified atom stereocenters. The summed E-state index contributed by atoms with van der Waals surface area (Å²) in [7, 11) is 1.85. The molecular formula is C20H33N5O. The minimum atomic E-state index is 0.577. The van der Waals surface area contributed by atoms with Gasteiger partial charge in [-0.1, -0.05) is 30.3 Å². The molecule has 2 saturated heterocycles. The number of morpholine rings is 1. The van der Waals surface area contributed by atoms with Gasteiger partial charge in [-0.05, 0) is 24.9 Å². The first-order valence-electron chi connectivity index (χ1n) is 9.88. The van der Waals surface area contributed by atoms with Crippen LogP contribution in [-0.2, 0) is 11.3 Å². The average molecular weight is 360 g/mol. The van der Waals surface area contributed by atoms with Crippen LogP contribution >= 0.6 is 0 Å². The number of benzene rings is 1. The van der Waals surface area contributed by atoms with Crippen molar-refractivity contribution >= 4 is 5.96 Å². The van der Waals surface area contributed by atoms with Crippen molar-refractivity contribution < 1.29 is 4.74 Å². The summed E-state index contributed by atoms with van der Waals surface area (Å²) in [4.78, 5) is 9.39. The zero-order valence-corrected chi connectivity index (χ0v) is 16.0. The number of hydrogen-bond acceptors (Lipinski definition) is 4. The highest BCUT2D eigenvalue weighted by molar-refractivity contribution is 5.79. The van der Waals surface area contributed by atoms with Crippen molar-refractivity contribution in [3.8, 4) is 0 Å². The maximum absolute atomic E-state index is 5.39. The van der Waals surface area contributed by atoms with E-state index in [0.29, 0.717) is 6.04 Å². The summed E-state index contributed by atoms with van der Waals surface area (Å²) in [6, 6.07) is 11.3. The van der Waals surface area contributed by atoms with E-state index in [0.717, 1.165) is 58.4 Å². The molecule has 0 aliphatic carbocycles. The Labute approximate surface area is 157 Å². The van der Waals surface area contributed by atoms with Crippen molar-refractivity contribution in [2.24, 2.45) is 4.99 Å². The smallest absolute Gasteiger partial charge is 0.191 e. The molecule has 2 aliphatic heterocycles. The van der Waals surface area contributed by atoms with Crippen molar-refractivity contribution in [2.45, 2.75) is 25.4 Å². The largest absolute Gasteiger partial charge is 0.379 e. The number of likely N-dealkylation sites (tertiary alicyclic amines) is 1. The molecule has 1 aromatic carbocycles. The SMILES string of the molecule is CN=C(NCCN1CCOCC1)NCC1CCCN1Cc1ccccc1. The van der Waals surface area contributed by atoms with Crippen LogP contribution in [0.1, 0.15) is 18.4 Å². The molecule has 0 radical (unpaired) electrons.